The summed E-state index contributed by atoms with van der Waals surface area (Å²) in [6.45, 7) is 1.14. The molecule has 0 aliphatic heterocycles. The van der Waals surface area contributed by atoms with E-state index in [0.29, 0.717) is 10.6 Å². The number of benzene rings is 2. The van der Waals surface area contributed by atoms with Gasteiger partial charge in [-0.1, -0.05) is 59.8 Å². The molecule has 1 fully saturated rings. The Hall–Kier alpha value is -2.00. The monoisotopic (exact) mass is 559 g/mol. The summed E-state index contributed by atoms with van der Waals surface area (Å²) in [6, 6.07) is 10.5. The molecule has 0 spiro atoms. The Balaban J connectivity index is 1.91. The molecule has 1 N–H and O–H groups in total. The van der Waals surface area contributed by atoms with Gasteiger partial charge in [-0.2, -0.15) is 0 Å². The molecule has 0 radical (unpaired) electrons. The number of nitrogens with zero attached hydrogens (tertiary/aromatic N) is 2. The van der Waals surface area contributed by atoms with Crippen LogP contribution < -0.4 is 9.62 Å². The maximum absolute atomic E-state index is 13.6. The minimum atomic E-state index is -3.91. The Bertz CT molecular complexity index is 1190. The maximum atomic E-state index is 13.6. The Labute approximate surface area is 221 Å². The molecule has 1 atom stereocenters. The van der Waals surface area contributed by atoms with Gasteiger partial charge in [0, 0.05) is 22.6 Å². The molecule has 190 valence electrons. The van der Waals surface area contributed by atoms with Crippen molar-refractivity contribution in [1.82, 2.24) is 10.2 Å². The standard InChI is InChI=1S/C24H28Cl3N3O4S/c1-16(24(32)28-20-8-3-4-9-20)29(14-17-6-5-7-18(25)12-17)23(31)15-30(35(2,33)34)22-13-19(26)10-11-21(22)27/h5-7,10-13,16,20H,3-4,8-9,14-15H2,1-2H3,(H,28,32)/t16-/m1/s1. The van der Waals surface area contributed by atoms with Crippen LogP contribution in [0.1, 0.15) is 38.2 Å². The fourth-order valence-corrected chi connectivity index (χ4v) is 5.58. The van der Waals surface area contributed by atoms with Crippen LogP contribution in [-0.2, 0) is 26.2 Å². The lowest BCUT2D eigenvalue weighted by Crippen LogP contribution is -2.52. The number of hydrogen-bond donors (Lipinski definition) is 1. The fraction of sp³-hybridized carbons (Fsp3) is 0.417. The lowest BCUT2D eigenvalue weighted by Gasteiger charge is -2.32. The van der Waals surface area contributed by atoms with Crippen LogP contribution in [0.5, 0.6) is 0 Å². The summed E-state index contributed by atoms with van der Waals surface area (Å²) >= 11 is 18.4. The Morgan fingerprint density at radius 3 is 2.34 bits per heavy atom. The normalized spacial score (nSPS) is 15.0. The van der Waals surface area contributed by atoms with Crippen LogP contribution >= 0.6 is 34.8 Å². The molecule has 2 amide bonds. The third kappa shape index (κ3) is 7.49. The summed E-state index contributed by atoms with van der Waals surface area (Å²) in [5.74, 6) is -0.862. The van der Waals surface area contributed by atoms with Crippen LogP contribution in [0.3, 0.4) is 0 Å². The van der Waals surface area contributed by atoms with E-state index in [1.807, 2.05) is 0 Å². The number of nitrogens with one attached hydrogen (secondary N) is 1. The second-order valence-corrected chi connectivity index (χ2v) is 11.9. The van der Waals surface area contributed by atoms with Crippen molar-refractivity contribution in [3.05, 3.63) is 63.1 Å². The second-order valence-electron chi connectivity index (χ2n) is 8.68. The first-order chi connectivity index (χ1) is 16.5. The smallest absolute Gasteiger partial charge is 0.244 e. The maximum Gasteiger partial charge on any atom is 0.244 e. The SMILES string of the molecule is C[C@H](C(=O)NC1CCCC1)N(Cc1cccc(Cl)c1)C(=O)CN(c1cc(Cl)ccc1Cl)S(C)(=O)=O. The largest absolute Gasteiger partial charge is 0.352 e. The highest BCUT2D eigenvalue weighted by Gasteiger charge is 2.32. The van der Waals surface area contributed by atoms with Gasteiger partial charge in [0.05, 0.1) is 17.0 Å². The molecule has 11 heteroatoms. The molecule has 0 aromatic heterocycles. The quantitative estimate of drug-likeness (QED) is 0.473. The molecule has 0 heterocycles. The van der Waals surface area contributed by atoms with E-state index in [-0.39, 0.29) is 34.2 Å². The third-order valence-corrected chi connectivity index (χ3v) is 7.88. The fourth-order valence-electron chi connectivity index (χ4n) is 4.08. The van der Waals surface area contributed by atoms with Crippen molar-refractivity contribution < 1.29 is 18.0 Å². The first-order valence-electron chi connectivity index (χ1n) is 11.2. The van der Waals surface area contributed by atoms with E-state index >= 15 is 0 Å². The molecule has 0 bridgehead atoms. The molecule has 0 saturated heterocycles. The van der Waals surface area contributed by atoms with E-state index in [1.54, 1.807) is 31.2 Å². The highest BCUT2D eigenvalue weighted by Crippen LogP contribution is 2.31. The highest BCUT2D eigenvalue weighted by atomic mass is 35.5. The van der Waals surface area contributed by atoms with Crippen LogP contribution in [0, 0.1) is 0 Å². The number of amides is 2. The molecule has 3 rings (SSSR count). The molecule has 2 aromatic carbocycles. The molecule has 1 saturated carbocycles. The van der Waals surface area contributed by atoms with Gasteiger partial charge in [-0.05, 0) is 55.7 Å². The summed E-state index contributed by atoms with van der Waals surface area (Å²) < 4.78 is 26.2. The summed E-state index contributed by atoms with van der Waals surface area (Å²) in [7, 11) is -3.91. The third-order valence-electron chi connectivity index (χ3n) is 5.97. The predicted molar refractivity (Wildman–Crippen MR) is 141 cm³/mol. The average molecular weight is 561 g/mol. The van der Waals surface area contributed by atoms with Gasteiger partial charge in [0.1, 0.15) is 12.6 Å². The molecule has 2 aromatic rings. The topological polar surface area (TPSA) is 86.8 Å². The number of rotatable bonds is 9. The van der Waals surface area contributed by atoms with Gasteiger partial charge < -0.3 is 10.2 Å². The second kappa shape index (κ2) is 11.8. The first-order valence-corrected chi connectivity index (χ1v) is 14.2. The summed E-state index contributed by atoms with van der Waals surface area (Å²) in [5, 5.41) is 3.90. The summed E-state index contributed by atoms with van der Waals surface area (Å²) in [4.78, 5) is 28.0. The lowest BCUT2D eigenvalue weighted by molar-refractivity contribution is -0.139. The minimum Gasteiger partial charge on any atom is -0.352 e. The van der Waals surface area contributed by atoms with Crippen molar-refractivity contribution in [3.63, 3.8) is 0 Å². The van der Waals surface area contributed by atoms with Crippen LogP contribution in [0.25, 0.3) is 0 Å². The Morgan fingerprint density at radius 1 is 1.06 bits per heavy atom. The van der Waals surface area contributed by atoms with Crippen molar-refractivity contribution in [2.45, 2.75) is 51.2 Å². The van der Waals surface area contributed by atoms with Crippen LogP contribution in [0.4, 0.5) is 5.69 Å². The zero-order valence-corrected chi connectivity index (χ0v) is 22.6. The van der Waals surface area contributed by atoms with Crippen LogP contribution in [-0.4, -0.2) is 50.0 Å². The van der Waals surface area contributed by atoms with Gasteiger partial charge in [0.2, 0.25) is 21.8 Å². The predicted octanol–water partition coefficient (Wildman–Crippen LogP) is 4.89. The van der Waals surface area contributed by atoms with Gasteiger partial charge in [-0.25, -0.2) is 8.42 Å². The van der Waals surface area contributed by atoms with E-state index in [0.717, 1.165) is 36.2 Å². The number of halogens is 3. The molecular formula is C24H28Cl3N3O4S. The highest BCUT2D eigenvalue weighted by molar-refractivity contribution is 7.92. The van der Waals surface area contributed by atoms with Gasteiger partial charge in [0.15, 0.2) is 0 Å². The number of carbonyl (C=O) groups excluding carboxylic acids is 2. The van der Waals surface area contributed by atoms with Gasteiger partial charge in [0.25, 0.3) is 0 Å². The van der Waals surface area contributed by atoms with E-state index in [4.69, 9.17) is 34.8 Å². The molecule has 1 aliphatic rings. The van der Waals surface area contributed by atoms with Crippen molar-refractivity contribution in [2.75, 3.05) is 17.1 Å². The Morgan fingerprint density at radius 2 is 1.71 bits per heavy atom. The molecule has 1 aliphatic carbocycles. The van der Waals surface area contributed by atoms with Crippen LogP contribution in [0.15, 0.2) is 42.5 Å². The Kier molecular flexibility index (Phi) is 9.32. The number of hydrogen-bond acceptors (Lipinski definition) is 4. The lowest BCUT2D eigenvalue weighted by atomic mass is 10.1. The minimum absolute atomic E-state index is 0.0690. The first kappa shape index (κ1) is 27.6. The zero-order valence-electron chi connectivity index (χ0n) is 19.5. The van der Waals surface area contributed by atoms with Crippen molar-refractivity contribution >= 4 is 62.3 Å². The number of carbonyl (C=O) groups is 2. The molecular weight excluding hydrogens is 533 g/mol. The van der Waals surface area contributed by atoms with Crippen molar-refractivity contribution in [1.29, 1.82) is 0 Å². The average Bonchev–Trinajstić information content (AvgIpc) is 3.29. The van der Waals surface area contributed by atoms with E-state index in [1.165, 1.54) is 23.1 Å². The summed E-state index contributed by atoms with van der Waals surface area (Å²) in [6.07, 6.45) is 4.88. The van der Waals surface area contributed by atoms with Crippen molar-refractivity contribution in [2.24, 2.45) is 0 Å². The van der Waals surface area contributed by atoms with Gasteiger partial charge in [-0.15, -0.1) is 0 Å². The zero-order chi connectivity index (χ0) is 25.8. The van der Waals surface area contributed by atoms with Gasteiger partial charge in [-0.3, -0.25) is 13.9 Å². The number of anilines is 1. The number of sulfonamides is 1. The summed E-state index contributed by atoms with van der Waals surface area (Å²) in [5.41, 5.74) is 0.791. The van der Waals surface area contributed by atoms with E-state index in [9.17, 15) is 18.0 Å². The van der Waals surface area contributed by atoms with E-state index < -0.39 is 28.5 Å². The molecule has 35 heavy (non-hydrogen) atoms. The molecule has 0 unspecified atom stereocenters. The molecule has 7 nitrogen and oxygen atoms in total. The van der Waals surface area contributed by atoms with E-state index in [2.05, 4.69) is 5.32 Å². The van der Waals surface area contributed by atoms with Crippen LogP contribution in [0.2, 0.25) is 15.1 Å². The van der Waals surface area contributed by atoms with Gasteiger partial charge >= 0.3 is 0 Å². The van der Waals surface area contributed by atoms with Crippen molar-refractivity contribution in [3.8, 4) is 0 Å².